The molecular weight excluding hydrogens is 260 g/mol. The van der Waals surface area contributed by atoms with Crippen LogP contribution in [0.15, 0.2) is 30.3 Å². The zero-order valence-corrected chi connectivity index (χ0v) is 12.0. The maximum Gasteiger partial charge on any atom is 0.344 e. The Labute approximate surface area is 116 Å². The highest BCUT2D eigenvalue weighted by atomic mass is 32.1. The van der Waals surface area contributed by atoms with Gasteiger partial charge in [-0.05, 0) is 39.0 Å². The van der Waals surface area contributed by atoms with Crippen molar-refractivity contribution in [1.29, 1.82) is 0 Å². The van der Waals surface area contributed by atoms with Gasteiger partial charge >= 0.3 is 5.97 Å². The lowest BCUT2D eigenvalue weighted by molar-refractivity contribution is 0.0728. The minimum atomic E-state index is -0.339. The predicted octanol–water partition coefficient (Wildman–Crippen LogP) is 3.98. The summed E-state index contributed by atoms with van der Waals surface area (Å²) in [4.78, 5) is 14.2. The van der Waals surface area contributed by atoms with Gasteiger partial charge in [0.25, 0.3) is 0 Å². The van der Waals surface area contributed by atoms with Crippen molar-refractivity contribution in [3.63, 3.8) is 0 Å². The van der Waals surface area contributed by atoms with Gasteiger partial charge in [-0.3, -0.25) is 0 Å². The fraction of sp³-hybridized carbons (Fsp3) is 0.267. The third-order valence-electron chi connectivity index (χ3n) is 2.61. The highest BCUT2D eigenvalue weighted by Gasteiger charge is 2.16. The number of ether oxygens (including phenoxy) is 2. The number of esters is 1. The number of hydrogen-bond acceptors (Lipinski definition) is 4. The van der Waals surface area contributed by atoms with Gasteiger partial charge in [0.1, 0.15) is 0 Å². The predicted molar refractivity (Wildman–Crippen MR) is 76.4 cm³/mol. The first-order chi connectivity index (χ1) is 9.11. The van der Waals surface area contributed by atoms with E-state index in [9.17, 15) is 4.79 Å². The summed E-state index contributed by atoms with van der Waals surface area (Å²) in [6, 6.07) is 9.04. The van der Waals surface area contributed by atoms with E-state index in [1.807, 2.05) is 39.0 Å². The summed E-state index contributed by atoms with van der Waals surface area (Å²) >= 11 is 1.59. The number of carbonyl (C=O) groups is 1. The Bertz CT molecular complexity index is 587. The second-order valence-electron chi connectivity index (χ2n) is 4.10. The Kier molecular flexibility index (Phi) is 4.22. The normalized spacial score (nSPS) is 10.3. The van der Waals surface area contributed by atoms with E-state index < -0.39 is 0 Å². The van der Waals surface area contributed by atoms with Crippen LogP contribution in [-0.4, -0.2) is 12.6 Å². The summed E-state index contributed by atoms with van der Waals surface area (Å²) in [5, 5.41) is 0. The van der Waals surface area contributed by atoms with Crippen molar-refractivity contribution in [3.8, 4) is 11.5 Å². The summed E-state index contributed by atoms with van der Waals surface area (Å²) in [7, 11) is 0. The van der Waals surface area contributed by atoms with Gasteiger partial charge in [-0.1, -0.05) is 12.1 Å². The van der Waals surface area contributed by atoms with Gasteiger partial charge in [0.15, 0.2) is 11.5 Å². The first-order valence-electron chi connectivity index (χ1n) is 6.13. The molecule has 1 aromatic carbocycles. The van der Waals surface area contributed by atoms with Crippen molar-refractivity contribution in [2.45, 2.75) is 20.8 Å². The highest BCUT2D eigenvalue weighted by molar-refractivity contribution is 7.12. The molecule has 19 heavy (non-hydrogen) atoms. The average molecular weight is 276 g/mol. The standard InChI is InChI=1S/C15H16O3S/c1-4-17-13-7-5-6-8-14(13)18-15(16)12-9-10(2)19-11(12)3/h5-9H,4H2,1-3H3. The molecule has 0 fully saturated rings. The van der Waals surface area contributed by atoms with Crippen LogP contribution in [0.3, 0.4) is 0 Å². The molecule has 100 valence electrons. The van der Waals surface area contributed by atoms with E-state index in [0.29, 0.717) is 23.7 Å². The molecule has 0 N–H and O–H groups in total. The van der Waals surface area contributed by atoms with E-state index in [-0.39, 0.29) is 5.97 Å². The number of carbonyl (C=O) groups excluding carboxylic acids is 1. The van der Waals surface area contributed by atoms with E-state index in [4.69, 9.17) is 9.47 Å². The van der Waals surface area contributed by atoms with Crippen LogP contribution >= 0.6 is 11.3 Å². The van der Waals surface area contributed by atoms with Crippen molar-refractivity contribution in [2.24, 2.45) is 0 Å². The average Bonchev–Trinajstić information content (AvgIpc) is 2.71. The zero-order chi connectivity index (χ0) is 13.8. The smallest absolute Gasteiger partial charge is 0.344 e. The molecule has 0 amide bonds. The van der Waals surface area contributed by atoms with E-state index in [1.165, 1.54) is 0 Å². The SMILES string of the molecule is CCOc1ccccc1OC(=O)c1cc(C)sc1C. The largest absolute Gasteiger partial charge is 0.490 e. The third kappa shape index (κ3) is 3.15. The topological polar surface area (TPSA) is 35.5 Å². The number of thiophene rings is 1. The summed E-state index contributed by atoms with van der Waals surface area (Å²) in [6.45, 7) is 6.32. The molecule has 0 aliphatic heterocycles. The lowest BCUT2D eigenvalue weighted by atomic mass is 10.2. The van der Waals surface area contributed by atoms with Crippen molar-refractivity contribution in [3.05, 3.63) is 45.6 Å². The molecule has 0 unspecified atom stereocenters. The molecule has 0 saturated carbocycles. The highest BCUT2D eigenvalue weighted by Crippen LogP contribution is 2.28. The molecule has 2 rings (SSSR count). The number of benzene rings is 1. The Morgan fingerprint density at radius 3 is 2.47 bits per heavy atom. The number of aryl methyl sites for hydroxylation is 2. The molecular formula is C15H16O3S. The second kappa shape index (κ2) is 5.89. The molecule has 0 aliphatic carbocycles. The molecule has 0 spiro atoms. The van der Waals surface area contributed by atoms with E-state index >= 15 is 0 Å². The van der Waals surface area contributed by atoms with Crippen molar-refractivity contribution < 1.29 is 14.3 Å². The van der Waals surface area contributed by atoms with Crippen molar-refractivity contribution in [2.75, 3.05) is 6.61 Å². The molecule has 3 nitrogen and oxygen atoms in total. The van der Waals surface area contributed by atoms with Gasteiger partial charge in [0.05, 0.1) is 12.2 Å². The number of rotatable bonds is 4. The van der Waals surface area contributed by atoms with Gasteiger partial charge < -0.3 is 9.47 Å². The molecule has 0 atom stereocenters. The van der Waals surface area contributed by atoms with Crippen LogP contribution in [-0.2, 0) is 0 Å². The van der Waals surface area contributed by atoms with Gasteiger partial charge in [0.2, 0.25) is 0 Å². The molecule has 0 bridgehead atoms. The maximum atomic E-state index is 12.1. The minimum Gasteiger partial charge on any atom is -0.490 e. The summed E-state index contributed by atoms with van der Waals surface area (Å²) in [6.07, 6.45) is 0. The Morgan fingerprint density at radius 1 is 1.21 bits per heavy atom. The van der Waals surface area contributed by atoms with Crippen LogP contribution in [0.5, 0.6) is 11.5 Å². The fourth-order valence-electron chi connectivity index (χ4n) is 1.80. The lowest BCUT2D eigenvalue weighted by Crippen LogP contribution is -2.09. The molecule has 1 heterocycles. The van der Waals surface area contributed by atoms with Crippen LogP contribution in [0.2, 0.25) is 0 Å². The summed E-state index contributed by atoms with van der Waals surface area (Å²) in [5.41, 5.74) is 0.619. The fourth-order valence-corrected chi connectivity index (χ4v) is 2.71. The van der Waals surface area contributed by atoms with Crippen LogP contribution in [0.25, 0.3) is 0 Å². The van der Waals surface area contributed by atoms with Crippen LogP contribution in [0, 0.1) is 13.8 Å². The lowest BCUT2D eigenvalue weighted by Gasteiger charge is -2.09. The van der Waals surface area contributed by atoms with Gasteiger partial charge in [-0.25, -0.2) is 4.79 Å². The molecule has 0 aliphatic rings. The molecule has 1 aromatic heterocycles. The Morgan fingerprint density at radius 2 is 1.89 bits per heavy atom. The summed E-state index contributed by atoms with van der Waals surface area (Å²) in [5.74, 6) is 0.703. The van der Waals surface area contributed by atoms with E-state index in [2.05, 4.69) is 0 Å². The first kappa shape index (κ1) is 13.6. The molecule has 0 saturated heterocycles. The number of para-hydroxylation sites is 2. The minimum absolute atomic E-state index is 0.339. The second-order valence-corrected chi connectivity index (χ2v) is 5.56. The van der Waals surface area contributed by atoms with Crippen LogP contribution in [0.1, 0.15) is 27.0 Å². The Hall–Kier alpha value is -1.81. The third-order valence-corrected chi connectivity index (χ3v) is 3.58. The van der Waals surface area contributed by atoms with E-state index in [1.54, 1.807) is 23.5 Å². The van der Waals surface area contributed by atoms with Gasteiger partial charge in [-0.2, -0.15) is 0 Å². The van der Waals surface area contributed by atoms with Gasteiger partial charge in [0, 0.05) is 9.75 Å². The number of hydrogen-bond donors (Lipinski definition) is 0. The summed E-state index contributed by atoms with van der Waals surface area (Å²) < 4.78 is 10.9. The Balaban J connectivity index is 2.21. The molecule has 4 heteroatoms. The van der Waals surface area contributed by atoms with Crippen LogP contribution < -0.4 is 9.47 Å². The van der Waals surface area contributed by atoms with Crippen molar-refractivity contribution >= 4 is 17.3 Å². The maximum absolute atomic E-state index is 12.1. The van der Waals surface area contributed by atoms with Crippen LogP contribution in [0.4, 0.5) is 0 Å². The molecule has 2 aromatic rings. The van der Waals surface area contributed by atoms with E-state index in [0.717, 1.165) is 9.75 Å². The quantitative estimate of drug-likeness (QED) is 0.626. The van der Waals surface area contributed by atoms with Crippen molar-refractivity contribution in [1.82, 2.24) is 0 Å². The first-order valence-corrected chi connectivity index (χ1v) is 6.94. The zero-order valence-electron chi connectivity index (χ0n) is 11.2. The van der Waals surface area contributed by atoms with Gasteiger partial charge in [-0.15, -0.1) is 11.3 Å². The monoisotopic (exact) mass is 276 g/mol. The molecule has 0 radical (unpaired) electrons.